The van der Waals surface area contributed by atoms with Crippen molar-refractivity contribution in [3.8, 4) is 0 Å². The van der Waals surface area contributed by atoms with E-state index in [2.05, 4.69) is 89.1 Å². The van der Waals surface area contributed by atoms with Gasteiger partial charge in [0.1, 0.15) is 0 Å². The van der Waals surface area contributed by atoms with Crippen LogP contribution >= 0.6 is 61.3 Å². The molecule has 51 heavy (non-hydrogen) atoms. The van der Waals surface area contributed by atoms with Gasteiger partial charge in [0.15, 0.2) is 5.92 Å². The number of carboxylic acids is 3. The molecule has 0 aliphatic carbocycles. The van der Waals surface area contributed by atoms with Crippen LogP contribution in [0.2, 0.25) is 0 Å². The monoisotopic (exact) mass is 816 g/mol. The highest BCUT2D eigenvalue weighted by molar-refractivity contribution is 9.10. The molecule has 0 saturated carbocycles. The first-order chi connectivity index (χ1) is 24.5. The molecule has 6 nitrogen and oxygen atoms in total. The molecule has 0 fully saturated rings. The highest BCUT2D eigenvalue weighted by Gasteiger charge is 2.27. The smallest absolute Gasteiger partial charge is 0.322 e. The van der Waals surface area contributed by atoms with Crippen molar-refractivity contribution in [2.24, 2.45) is 0 Å². The molecule has 0 bridgehead atoms. The quantitative estimate of drug-likeness (QED) is 0.144. The lowest BCUT2D eigenvalue weighted by molar-refractivity contribution is -0.150. The summed E-state index contributed by atoms with van der Waals surface area (Å²) >= 11 is 10.2. The second-order valence-electron chi connectivity index (χ2n) is 11.7. The predicted octanol–water partition coefficient (Wildman–Crippen LogP) is 12.4. The number of aliphatic carboxylic acids is 3. The third-order valence-electron chi connectivity index (χ3n) is 7.73. The lowest BCUT2D eigenvalue weighted by atomic mass is 9.98. The first kappa shape index (κ1) is 37.9. The van der Waals surface area contributed by atoms with E-state index in [0.717, 1.165) is 25.5 Å². The second kappa shape index (κ2) is 17.7. The van der Waals surface area contributed by atoms with Crippen LogP contribution in [0, 0.1) is 0 Å². The Morgan fingerprint density at radius 1 is 0.549 bits per heavy atom. The highest BCUT2D eigenvalue weighted by atomic mass is 79.9. The van der Waals surface area contributed by atoms with E-state index in [1.165, 1.54) is 41.8 Å². The summed E-state index contributed by atoms with van der Waals surface area (Å²) in [6, 6.07) is 31.9. The fraction of sp³-hybridized carbons (Fsp3) is 0.125. The van der Waals surface area contributed by atoms with Crippen molar-refractivity contribution < 1.29 is 29.7 Å². The van der Waals surface area contributed by atoms with E-state index in [1.807, 2.05) is 52.4 Å². The molecule has 0 atom stereocenters. The Bertz CT molecular complexity index is 2400. The molecule has 0 spiro atoms. The van der Waals surface area contributed by atoms with Gasteiger partial charge in [0.2, 0.25) is 0 Å². The molecular formula is C40H33BrO6S4. The zero-order chi connectivity index (χ0) is 36.5. The fourth-order valence-corrected chi connectivity index (χ4v) is 8.60. The number of carbonyl (C=O) groups is 3. The molecule has 3 N–H and O–H groups in total. The number of hydrogen-bond acceptors (Lipinski definition) is 7. The number of thiophene rings is 4. The van der Waals surface area contributed by atoms with E-state index in [9.17, 15) is 14.4 Å². The number of benzene rings is 4. The fourth-order valence-electron chi connectivity index (χ4n) is 5.14. The summed E-state index contributed by atoms with van der Waals surface area (Å²) in [5, 5.41) is 39.1. The minimum Gasteiger partial charge on any atom is -0.481 e. The number of halogens is 1. The molecule has 0 aliphatic rings. The van der Waals surface area contributed by atoms with Crippen molar-refractivity contribution in [1.29, 1.82) is 0 Å². The molecule has 260 valence electrons. The minimum absolute atomic E-state index is 0.103. The van der Waals surface area contributed by atoms with Crippen LogP contribution in [-0.2, 0) is 20.8 Å². The number of fused-ring (bicyclic) bond motifs is 4. The molecule has 0 amide bonds. The minimum atomic E-state index is -1.50. The molecule has 0 saturated heterocycles. The maximum Gasteiger partial charge on any atom is 0.322 e. The summed E-state index contributed by atoms with van der Waals surface area (Å²) in [5.41, 5.74) is 2.59. The van der Waals surface area contributed by atoms with Crippen LogP contribution in [0.1, 0.15) is 42.4 Å². The molecule has 4 heterocycles. The van der Waals surface area contributed by atoms with Crippen LogP contribution in [0.4, 0.5) is 0 Å². The van der Waals surface area contributed by atoms with E-state index in [0.29, 0.717) is 11.5 Å². The summed E-state index contributed by atoms with van der Waals surface area (Å²) < 4.78 is 6.11. The van der Waals surface area contributed by atoms with Crippen LogP contribution in [0.15, 0.2) is 123 Å². The van der Waals surface area contributed by atoms with Crippen molar-refractivity contribution in [1.82, 2.24) is 0 Å². The van der Waals surface area contributed by atoms with Crippen LogP contribution in [-0.4, -0.2) is 33.2 Å². The van der Waals surface area contributed by atoms with Gasteiger partial charge in [0, 0.05) is 23.3 Å². The van der Waals surface area contributed by atoms with Gasteiger partial charge < -0.3 is 15.3 Å². The first-order valence-electron chi connectivity index (χ1n) is 15.7. The summed E-state index contributed by atoms with van der Waals surface area (Å²) in [6.07, 6.45) is 0.103. The molecule has 0 unspecified atom stereocenters. The second-order valence-corrected chi connectivity index (χ2v) is 16.4. The Balaban J connectivity index is 0.000000133. The predicted molar refractivity (Wildman–Crippen MR) is 218 cm³/mol. The summed E-state index contributed by atoms with van der Waals surface area (Å²) in [5.74, 6) is -4.34. The van der Waals surface area contributed by atoms with Crippen molar-refractivity contribution in [2.75, 3.05) is 0 Å². The Morgan fingerprint density at radius 3 is 1.43 bits per heavy atom. The van der Waals surface area contributed by atoms with Crippen LogP contribution < -0.4 is 0 Å². The van der Waals surface area contributed by atoms with Gasteiger partial charge in [-0.2, -0.15) is 0 Å². The topological polar surface area (TPSA) is 112 Å². The van der Waals surface area contributed by atoms with Gasteiger partial charge >= 0.3 is 17.9 Å². The van der Waals surface area contributed by atoms with Crippen molar-refractivity contribution in [2.45, 2.75) is 32.1 Å². The van der Waals surface area contributed by atoms with Crippen molar-refractivity contribution in [3.05, 3.63) is 140 Å². The lowest BCUT2D eigenvalue weighted by Gasteiger charge is -2.07. The average Bonchev–Trinajstić information content (AvgIpc) is 3.91. The maximum atomic E-state index is 10.8. The summed E-state index contributed by atoms with van der Waals surface area (Å²) in [4.78, 5) is 32.1. The Hall–Kier alpha value is -4.39. The number of carboxylic acid groups (broad SMARTS) is 3. The third-order valence-corrected chi connectivity index (χ3v) is 11.8. The molecule has 8 rings (SSSR count). The zero-order valence-electron chi connectivity index (χ0n) is 27.5. The maximum absolute atomic E-state index is 10.8. The van der Waals surface area contributed by atoms with Gasteiger partial charge in [-0.1, -0.05) is 54.0 Å². The first-order valence-corrected chi connectivity index (χ1v) is 20.0. The van der Waals surface area contributed by atoms with Gasteiger partial charge in [-0.3, -0.25) is 14.4 Å². The van der Waals surface area contributed by atoms with Gasteiger partial charge in [-0.15, -0.1) is 45.3 Å². The lowest BCUT2D eigenvalue weighted by Crippen LogP contribution is -2.20. The van der Waals surface area contributed by atoms with Gasteiger partial charge in [-0.05, 0) is 138 Å². The molecule has 11 heteroatoms. The van der Waals surface area contributed by atoms with Crippen molar-refractivity contribution in [3.63, 3.8) is 0 Å². The molecule has 0 aliphatic heterocycles. The van der Waals surface area contributed by atoms with Crippen molar-refractivity contribution >= 4 is 120 Å². The Labute approximate surface area is 319 Å². The average molecular weight is 818 g/mol. The highest BCUT2D eigenvalue weighted by Crippen LogP contribution is 2.27. The largest absolute Gasteiger partial charge is 0.481 e. The molecule has 0 radical (unpaired) electrons. The van der Waals surface area contributed by atoms with E-state index in [-0.39, 0.29) is 6.42 Å². The van der Waals surface area contributed by atoms with Crippen LogP contribution in [0.3, 0.4) is 0 Å². The normalized spacial score (nSPS) is 10.8. The Morgan fingerprint density at radius 2 is 0.961 bits per heavy atom. The van der Waals surface area contributed by atoms with E-state index >= 15 is 0 Å². The number of hydrogen-bond donors (Lipinski definition) is 3. The Kier molecular flexibility index (Phi) is 13.1. The zero-order valence-corrected chi connectivity index (χ0v) is 32.3. The number of rotatable bonds is 6. The van der Waals surface area contributed by atoms with E-state index < -0.39 is 23.8 Å². The molecule has 4 aromatic carbocycles. The third kappa shape index (κ3) is 10.3. The molecule has 4 aromatic heterocycles. The van der Waals surface area contributed by atoms with Crippen LogP contribution in [0.5, 0.6) is 0 Å². The van der Waals surface area contributed by atoms with E-state index in [4.69, 9.17) is 15.3 Å². The summed E-state index contributed by atoms with van der Waals surface area (Å²) in [6.45, 7) is 4.46. The standard InChI is InChI=1S/C11H8O4S.C11H12S.C10H8O2S.C8H5BrS/c12-10(13)9(11(14)15)7-1-2-8-6(5-7)3-4-16-8;1-8(2)9-3-4-11-10(7-9)5-6-12-11;11-10(12)6-7-1-2-9-8(5-7)3-4-13-9;9-7-1-2-8-6(5-7)3-4-10-8/h1-5,9H,(H,12,13)(H,14,15);3-8H,1-2H3;1-5H,6H2,(H,11,12);1-5H. The van der Waals surface area contributed by atoms with Gasteiger partial charge in [-0.25, -0.2) is 0 Å². The van der Waals surface area contributed by atoms with Crippen LogP contribution in [0.25, 0.3) is 40.3 Å². The molecular weight excluding hydrogens is 785 g/mol. The summed E-state index contributed by atoms with van der Waals surface area (Å²) in [7, 11) is 0. The molecule has 8 aromatic rings. The van der Waals surface area contributed by atoms with E-state index in [1.54, 1.807) is 40.9 Å². The van der Waals surface area contributed by atoms with Gasteiger partial charge in [0.05, 0.1) is 6.42 Å². The SMILES string of the molecule is Brc1ccc2sccc2c1.CC(C)c1ccc2sccc2c1.O=C(O)C(C(=O)O)c1ccc2sccc2c1.O=C(O)Cc1ccc2sccc2c1. The van der Waals surface area contributed by atoms with Gasteiger partial charge in [0.25, 0.3) is 0 Å².